The molecule has 1 unspecified atom stereocenters. The van der Waals surface area contributed by atoms with Crippen molar-refractivity contribution in [3.63, 3.8) is 0 Å². The molecule has 2 amide bonds. The number of hydrogen-bond donors (Lipinski definition) is 2. The second-order valence-corrected chi connectivity index (χ2v) is 5.82. The van der Waals surface area contributed by atoms with E-state index in [0.29, 0.717) is 6.54 Å². The van der Waals surface area contributed by atoms with Gasteiger partial charge in [-0.05, 0) is 12.8 Å². The van der Waals surface area contributed by atoms with Crippen LogP contribution in [0.15, 0.2) is 6.20 Å². The minimum absolute atomic E-state index is 0.0472. The fourth-order valence-corrected chi connectivity index (χ4v) is 1.51. The summed E-state index contributed by atoms with van der Waals surface area (Å²) in [6.07, 6.45) is 1.45. The van der Waals surface area contributed by atoms with Crippen LogP contribution in [0.5, 0.6) is 0 Å². The molecular weight excluding hydrogens is 272 g/mol. The van der Waals surface area contributed by atoms with E-state index < -0.39 is 5.54 Å². The molecule has 1 atom stereocenters. The molecule has 0 aliphatic rings. The smallest absolute Gasteiger partial charge is 0.273 e. The lowest BCUT2D eigenvalue weighted by molar-refractivity contribution is -0.129. The maximum absolute atomic E-state index is 12.2. The lowest BCUT2D eigenvalue weighted by Gasteiger charge is -2.33. The van der Waals surface area contributed by atoms with Crippen LogP contribution in [0.2, 0.25) is 0 Å². The summed E-state index contributed by atoms with van der Waals surface area (Å²) in [5.74, 6) is -0.294. The highest BCUT2D eigenvalue weighted by atomic mass is 16.2. The number of hydrogen-bond acceptors (Lipinski definition) is 5. The zero-order valence-electron chi connectivity index (χ0n) is 13.3. The van der Waals surface area contributed by atoms with Crippen LogP contribution in [0.25, 0.3) is 0 Å². The van der Waals surface area contributed by atoms with Crippen LogP contribution in [0.1, 0.15) is 31.3 Å². The highest BCUT2D eigenvalue weighted by Crippen LogP contribution is 2.15. The van der Waals surface area contributed by atoms with Gasteiger partial charge in [0.05, 0.1) is 11.7 Å². The Kier molecular flexibility index (Phi) is 5.42. The predicted molar refractivity (Wildman–Crippen MR) is 78.5 cm³/mol. The predicted octanol–water partition coefficient (Wildman–Crippen LogP) is -0.530. The lowest BCUT2D eigenvalue weighted by Crippen LogP contribution is -2.55. The third-order valence-corrected chi connectivity index (χ3v) is 3.66. The molecule has 0 aliphatic carbocycles. The van der Waals surface area contributed by atoms with E-state index in [4.69, 9.17) is 5.73 Å². The van der Waals surface area contributed by atoms with Gasteiger partial charge in [0.2, 0.25) is 5.91 Å². The van der Waals surface area contributed by atoms with E-state index in [1.807, 2.05) is 20.8 Å². The molecule has 118 valence electrons. The van der Waals surface area contributed by atoms with E-state index in [9.17, 15) is 9.59 Å². The number of likely N-dealkylation sites (N-methyl/N-ethyl adjacent to an activating group) is 1. The van der Waals surface area contributed by atoms with Gasteiger partial charge in [-0.3, -0.25) is 9.59 Å². The summed E-state index contributed by atoms with van der Waals surface area (Å²) < 4.78 is 1.34. The normalized spacial score (nSPS) is 13.9. The minimum Gasteiger partial charge on any atom is -0.347 e. The molecule has 1 aromatic heterocycles. The molecular formula is C13H24N6O2. The van der Waals surface area contributed by atoms with E-state index in [2.05, 4.69) is 15.6 Å². The van der Waals surface area contributed by atoms with Gasteiger partial charge < -0.3 is 16.0 Å². The van der Waals surface area contributed by atoms with Crippen LogP contribution in [0.3, 0.4) is 0 Å². The number of amides is 2. The Hall–Kier alpha value is -1.96. The second-order valence-electron chi connectivity index (χ2n) is 5.82. The summed E-state index contributed by atoms with van der Waals surface area (Å²) in [6.45, 7) is 6.23. The van der Waals surface area contributed by atoms with Crippen molar-refractivity contribution in [2.45, 2.75) is 32.9 Å². The van der Waals surface area contributed by atoms with Crippen LogP contribution >= 0.6 is 0 Å². The Morgan fingerprint density at radius 1 is 1.48 bits per heavy atom. The third-order valence-electron chi connectivity index (χ3n) is 3.66. The van der Waals surface area contributed by atoms with Gasteiger partial charge >= 0.3 is 0 Å². The molecule has 8 heteroatoms. The second kappa shape index (κ2) is 6.66. The number of aromatic nitrogens is 3. The van der Waals surface area contributed by atoms with Gasteiger partial charge in [-0.15, -0.1) is 5.10 Å². The summed E-state index contributed by atoms with van der Waals surface area (Å²) in [5, 5.41) is 10.5. The number of carbonyl (C=O) groups excluding carboxylic acids is 2. The largest absolute Gasteiger partial charge is 0.347 e. The van der Waals surface area contributed by atoms with E-state index in [0.717, 1.165) is 0 Å². The van der Waals surface area contributed by atoms with Crippen molar-refractivity contribution >= 4 is 11.8 Å². The summed E-state index contributed by atoms with van der Waals surface area (Å²) in [4.78, 5) is 25.2. The Bertz CT molecular complexity index is 511. The molecule has 3 N–H and O–H groups in total. The van der Waals surface area contributed by atoms with Crippen molar-refractivity contribution in [2.24, 2.45) is 11.7 Å². The van der Waals surface area contributed by atoms with E-state index in [1.165, 1.54) is 15.8 Å². The molecule has 0 aromatic carbocycles. The average molecular weight is 296 g/mol. The number of carbonyl (C=O) groups is 2. The fraction of sp³-hybridized carbons (Fsp3) is 0.692. The van der Waals surface area contributed by atoms with Gasteiger partial charge in [-0.1, -0.05) is 19.1 Å². The van der Waals surface area contributed by atoms with Crippen molar-refractivity contribution in [1.29, 1.82) is 0 Å². The number of rotatable bonds is 6. The highest BCUT2D eigenvalue weighted by Gasteiger charge is 2.29. The standard InChI is InChI=1S/C13H24N6O2/c1-9(2)13(3,8-14)15-12(21)10-6-19(17-16-10)7-11(20)18(4)5/h6,9H,7-8,14H2,1-5H3,(H,15,21). The Morgan fingerprint density at radius 3 is 2.57 bits per heavy atom. The minimum atomic E-state index is -0.514. The van der Waals surface area contributed by atoms with Crippen molar-refractivity contribution in [3.05, 3.63) is 11.9 Å². The van der Waals surface area contributed by atoms with Crippen LogP contribution in [-0.2, 0) is 11.3 Å². The van der Waals surface area contributed by atoms with Crippen LogP contribution in [0, 0.1) is 5.92 Å². The molecule has 0 fully saturated rings. The molecule has 8 nitrogen and oxygen atoms in total. The summed E-state index contributed by atoms with van der Waals surface area (Å²) >= 11 is 0. The number of nitrogens with two attached hydrogens (primary N) is 1. The van der Waals surface area contributed by atoms with Crippen molar-refractivity contribution in [3.8, 4) is 0 Å². The van der Waals surface area contributed by atoms with Crippen LogP contribution < -0.4 is 11.1 Å². The van der Waals surface area contributed by atoms with Crippen molar-refractivity contribution in [1.82, 2.24) is 25.2 Å². The molecule has 0 saturated carbocycles. The van der Waals surface area contributed by atoms with Gasteiger partial charge in [0, 0.05) is 20.6 Å². The van der Waals surface area contributed by atoms with Crippen LogP contribution in [-0.4, -0.2) is 57.9 Å². The quantitative estimate of drug-likeness (QED) is 0.734. The first-order valence-corrected chi connectivity index (χ1v) is 6.82. The van der Waals surface area contributed by atoms with Gasteiger partial charge in [-0.25, -0.2) is 4.68 Å². The van der Waals surface area contributed by atoms with Gasteiger partial charge in [0.15, 0.2) is 5.69 Å². The van der Waals surface area contributed by atoms with E-state index >= 15 is 0 Å². The molecule has 0 aliphatic heterocycles. The highest BCUT2D eigenvalue weighted by molar-refractivity contribution is 5.92. The molecule has 1 rings (SSSR count). The van der Waals surface area contributed by atoms with E-state index in [1.54, 1.807) is 14.1 Å². The number of nitrogens with one attached hydrogen (secondary N) is 1. The molecule has 0 bridgehead atoms. The molecule has 0 saturated heterocycles. The first kappa shape index (κ1) is 17.1. The summed E-state index contributed by atoms with van der Waals surface area (Å²) in [6, 6.07) is 0. The first-order chi connectivity index (χ1) is 9.69. The first-order valence-electron chi connectivity index (χ1n) is 6.82. The molecule has 0 spiro atoms. The van der Waals surface area contributed by atoms with Gasteiger partial charge in [-0.2, -0.15) is 0 Å². The fourth-order valence-electron chi connectivity index (χ4n) is 1.51. The molecule has 1 aromatic rings. The monoisotopic (exact) mass is 296 g/mol. The number of nitrogens with zero attached hydrogens (tertiary/aromatic N) is 4. The molecule has 21 heavy (non-hydrogen) atoms. The maximum Gasteiger partial charge on any atom is 0.273 e. The van der Waals surface area contributed by atoms with Crippen molar-refractivity contribution < 1.29 is 9.59 Å². The summed E-state index contributed by atoms with van der Waals surface area (Å²) in [5.41, 5.74) is 5.39. The Balaban J connectivity index is 2.77. The van der Waals surface area contributed by atoms with Gasteiger partial charge in [0.25, 0.3) is 5.91 Å². The molecule has 1 heterocycles. The summed E-state index contributed by atoms with van der Waals surface area (Å²) in [7, 11) is 3.31. The SMILES string of the molecule is CC(C)C(C)(CN)NC(=O)c1cn(CC(=O)N(C)C)nn1. The Labute approximate surface area is 124 Å². The van der Waals surface area contributed by atoms with Gasteiger partial charge in [0.1, 0.15) is 6.54 Å². The third kappa shape index (κ3) is 4.25. The van der Waals surface area contributed by atoms with E-state index in [-0.39, 0.29) is 30.0 Å². The maximum atomic E-state index is 12.2. The lowest BCUT2D eigenvalue weighted by atomic mass is 9.88. The zero-order chi connectivity index (χ0) is 16.2. The topological polar surface area (TPSA) is 106 Å². The zero-order valence-corrected chi connectivity index (χ0v) is 13.3. The molecule has 0 radical (unpaired) electrons. The van der Waals surface area contributed by atoms with Crippen molar-refractivity contribution in [2.75, 3.05) is 20.6 Å². The van der Waals surface area contributed by atoms with Crippen LogP contribution in [0.4, 0.5) is 0 Å². The Morgan fingerprint density at radius 2 is 2.10 bits per heavy atom. The average Bonchev–Trinajstić information content (AvgIpc) is 2.86.